The molecule has 0 amide bonds. The minimum absolute atomic E-state index is 0.301. The average Bonchev–Trinajstić information content (AvgIpc) is 2.96. The van der Waals surface area contributed by atoms with Crippen LogP contribution in [0.1, 0.15) is 37.1 Å². The van der Waals surface area contributed by atoms with E-state index in [0.717, 1.165) is 31.2 Å². The molecule has 1 aliphatic carbocycles. The van der Waals surface area contributed by atoms with Crippen LogP contribution in [0.5, 0.6) is 0 Å². The molecule has 0 saturated heterocycles. The van der Waals surface area contributed by atoms with Crippen LogP contribution in [-0.2, 0) is 5.54 Å². The monoisotopic (exact) mass is 261 g/mol. The fraction of sp³-hybridized carbons (Fsp3) is 0.429. The van der Waals surface area contributed by atoms with Gasteiger partial charge in [0.25, 0.3) is 0 Å². The van der Waals surface area contributed by atoms with Gasteiger partial charge in [0.2, 0.25) is 11.7 Å². The maximum atomic E-state index is 13.4. The first kappa shape index (κ1) is 12.3. The first-order valence-corrected chi connectivity index (χ1v) is 6.47. The summed E-state index contributed by atoms with van der Waals surface area (Å²) in [4.78, 5) is 4.35. The van der Waals surface area contributed by atoms with E-state index < -0.39 is 5.54 Å². The predicted molar refractivity (Wildman–Crippen MR) is 68.8 cm³/mol. The summed E-state index contributed by atoms with van der Waals surface area (Å²) in [5, 5.41) is 3.93. The van der Waals surface area contributed by atoms with Crippen molar-refractivity contribution in [2.75, 3.05) is 0 Å². The average molecular weight is 261 g/mol. The highest BCUT2D eigenvalue weighted by Gasteiger charge is 2.36. The van der Waals surface area contributed by atoms with Gasteiger partial charge in [-0.15, -0.1) is 0 Å². The molecule has 100 valence electrons. The van der Waals surface area contributed by atoms with Crippen molar-refractivity contribution in [1.29, 1.82) is 0 Å². The summed E-state index contributed by atoms with van der Waals surface area (Å²) in [6.07, 6.45) is 3.87. The van der Waals surface area contributed by atoms with Crippen molar-refractivity contribution < 1.29 is 8.91 Å². The summed E-state index contributed by atoms with van der Waals surface area (Å²) >= 11 is 0. The first-order valence-electron chi connectivity index (χ1n) is 6.47. The molecule has 4 nitrogen and oxygen atoms in total. The van der Waals surface area contributed by atoms with Crippen LogP contribution >= 0.6 is 0 Å². The Labute approximate surface area is 110 Å². The zero-order valence-electron chi connectivity index (χ0n) is 10.8. The summed E-state index contributed by atoms with van der Waals surface area (Å²) in [5.41, 5.74) is 7.20. The third kappa shape index (κ3) is 2.26. The molecular formula is C14H16FN3O. The van der Waals surface area contributed by atoms with Crippen LogP contribution in [0.25, 0.3) is 11.4 Å². The van der Waals surface area contributed by atoms with Crippen LogP contribution < -0.4 is 5.73 Å². The van der Waals surface area contributed by atoms with Crippen molar-refractivity contribution in [3.05, 3.63) is 35.5 Å². The van der Waals surface area contributed by atoms with Crippen molar-refractivity contribution >= 4 is 0 Å². The van der Waals surface area contributed by atoms with Crippen LogP contribution in [0.3, 0.4) is 0 Å². The summed E-state index contributed by atoms with van der Waals surface area (Å²) < 4.78 is 18.7. The maximum Gasteiger partial charge on any atom is 0.247 e. The number of hydrogen-bond donors (Lipinski definition) is 1. The lowest BCUT2D eigenvalue weighted by atomic mass is 9.99. The molecule has 1 aromatic heterocycles. The molecule has 0 spiro atoms. The lowest BCUT2D eigenvalue weighted by Gasteiger charge is -2.17. The van der Waals surface area contributed by atoms with E-state index in [9.17, 15) is 4.39 Å². The van der Waals surface area contributed by atoms with E-state index in [1.54, 1.807) is 0 Å². The van der Waals surface area contributed by atoms with Gasteiger partial charge < -0.3 is 10.3 Å². The molecule has 0 aliphatic heterocycles. The Morgan fingerprint density at radius 3 is 2.68 bits per heavy atom. The number of aryl methyl sites for hydroxylation is 1. The summed E-state index contributed by atoms with van der Waals surface area (Å²) in [5.74, 6) is 0.556. The lowest BCUT2D eigenvalue weighted by molar-refractivity contribution is 0.285. The van der Waals surface area contributed by atoms with E-state index >= 15 is 0 Å². The quantitative estimate of drug-likeness (QED) is 0.902. The van der Waals surface area contributed by atoms with Crippen molar-refractivity contribution in [2.45, 2.75) is 38.1 Å². The molecule has 3 rings (SSSR count). The molecule has 2 N–H and O–H groups in total. The van der Waals surface area contributed by atoms with Crippen LogP contribution in [0.2, 0.25) is 0 Å². The molecule has 0 radical (unpaired) electrons. The van der Waals surface area contributed by atoms with Crippen LogP contribution in [0.4, 0.5) is 4.39 Å². The fourth-order valence-corrected chi connectivity index (χ4v) is 2.63. The Kier molecular flexibility index (Phi) is 2.86. The predicted octanol–water partition coefficient (Wildman–Crippen LogP) is 2.91. The van der Waals surface area contributed by atoms with Crippen LogP contribution in [0.15, 0.2) is 22.7 Å². The Hall–Kier alpha value is -1.75. The number of halogens is 1. The van der Waals surface area contributed by atoms with Crippen molar-refractivity contribution in [2.24, 2.45) is 5.73 Å². The first-order chi connectivity index (χ1) is 9.07. The molecule has 1 saturated carbocycles. The molecule has 0 unspecified atom stereocenters. The Morgan fingerprint density at radius 2 is 2.00 bits per heavy atom. The van der Waals surface area contributed by atoms with E-state index in [2.05, 4.69) is 10.1 Å². The minimum atomic E-state index is -0.506. The molecule has 0 bridgehead atoms. The summed E-state index contributed by atoms with van der Waals surface area (Å²) in [6.45, 7) is 1.83. The highest BCUT2D eigenvalue weighted by Crippen LogP contribution is 2.36. The lowest BCUT2D eigenvalue weighted by Crippen LogP contribution is -2.33. The van der Waals surface area contributed by atoms with Gasteiger partial charge in [0, 0.05) is 5.56 Å². The molecule has 0 atom stereocenters. The van der Waals surface area contributed by atoms with Gasteiger partial charge in [0.05, 0.1) is 5.54 Å². The Bertz CT molecular complexity index is 582. The van der Waals surface area contributed by atoms with Gasteiger partial charge in [-0.3, -0.25) is 0 Å². The van der Waals surface area contributed by atoms with Gasteiger partial charge in [-0.05, 0) is 43.5 Å². The van der Waals surface area contributed by atoms with Gasteiger partial charge in [-0.2, -0.15) is 4.98 Å². The van der Waals surface area contributed by atoms with E-state index in [1.807, 2.05) is 13.0 Å². The zero-order valence-corrected chi connectivity index (χ0v) is 10.8. The van der Waals surface area contributed by atoms with Crippen LogP contribution in [-0.4, -0.2) is 10.1 Å². The Morgan fingerprint density at radius 1 is 1.26 bits per heavy atom. The largest absolute Gasteiger partial charge is 0.337 e. The second-order valence-electron chi connectivity index (χ2n) is 5.30. The summed E-state index contributed by atoms with van der Waals surface area (Å²) in [7, 11) is 0. The van der Waals surface area contributed by atoms with Gasteiger partial charge >= 0.3 is 0 Å². The fourth-order valence-electron chi connectivity index (χ4n) is 2.63. The highest BCUT2D eigenvalue weighted by atomic mass is 19.1. The minimum Gasteiger partial charge on any atom is -0.337 e. The molecule has 2 aromatic rings. The van der Waals surface area contributed by atoms with Gasteiger partial charge in [-0.1, -0.05) is 18.0 Å². The van der Waals surface area contributed by atoms with Crippen molar-refractivity contribution in [1.82, 2.24) is 10.1 Å². The van der Waals surface area contributed by atoms with Crippen LogP contribution in [0, 0.1) is 12.7 Å². The molecule has 5 heteroatoms. The molecule has 1 fully saturated rings. The number of nitrogens with two attached hydrogens (primary N) is 1. The normalized spacial score (nSPS) is 17.8. The number of rotatable bonds is 2. The standard InChI is InChI=1S/C14H16FN3O/c1-9-6-10(8-11(15)7-9)12-17-13(19-18-12)14(16)4-2-3-5-14/h6-8H,2-5,16H2,1H3. The number of nitrogens with zero attached hydrogens (tertiary/aromatic N) is 2. The molecule has 1 aliphatic rings. The van der Waals surface area contributed by atoms with E-state index in [-0.39, 0.29) is 5.82 Å². The molecular weight excluding hydrogens is 245 g/mol. The Balaban J connectivity index is 1.96. The highest BCUT2D eigenvalue weighted by molar-refractivity contribution is 5.55. The topological polar surface area (TPSA) is 64.9 Å². The van der Waals surface area contributed by atoms with Gasteiger partial charge in [-0.25, -0.2) is 4.39 Å². The smallest absolute Gasteiger partial charge is 0.247 e. The molecule has 19 heavy (non-hydrogen) atoms. The zero-order chi connectivity index (χ0) is 13.5. The maximum absolute atomic E-state index is 13.4. The third-order valence-corrected chi connectivity index (χ3v) is 3.65. The van der Waals surface area contributed by atoms with E-state index in [1.165, 1.54) is 12.1 Å². The van der Waals surface area contributed by atoms with Gasteiger partial charge in [0.1, 0.15) is 5.82 Å². The second kappa shape index (κ2) is 4.42. The number of benzene rings is 1. The van der Waals surface area contributed by atoms with Crippen molar-refractivity contribution in [3.8, 4) is 11.4 Å². The van der Waals surface area contributed by atoms with E-state index in [0.29, 0.717) is 17.3 Å². The molecule has 1 aromatic carbocycles. The van der Waals surface area contributed by atoms with Crippen molar-refractivity contribution in [3.63, 3.8) is 0 Å². The molecule has 1 heterocycles. The SMILES string of the molecule is Cc1cc(F)cc(-c2noc(C3(N)CCCC3)n2)c1. The van der Waals surface area contributed by atoms with Gasteiger partial charge in [0.15, 0.2) is 0 Å². The van der Waals surface area contributed by atoms with E-state index in [4.69, 9.17) is 10.3 Å². The number of hydrogen-bond acceptors (Lipinski definition) is 4. The third-order valence-electron chi connectivity index (χ3n) is 3.65. The number of aromatic nitrogens is 2. The summed E-state index contributed by atoms with van der Waals surface area (Å²) in [6, 6.07) is 4.70. The second-order valence-corrected chi connectivity index (χ2v) is 5.30.